The highest BCUT2D eigenvalue weighted by atomic mass is 32.2. The zero-order valence-electron chi connectivity index (χ0n) is 8.17. The molecule has 3 atom stereocenters. The molecule has 0 aromatic rings. The Bertz CT molecular complexity index is 247. The number of nitrogens with one attached hydrogen (secondary N) is 1. The summed E-state index contributed by atoms with van der Waals surface area (Å²) in [5, 5.41) is 6.81. The molecular formula is C8H13F3N2OS. The van der Waals surface area contributed by atoms with Crippen LogP contribution >= 0.6 is 11.8 Å². The number of amidine groups is 1. The van der Waals surface area contributed by atoms with Crippen LogP contribution in [-0.2, 0) is 4.74 Å². The molecule has 15 heavy (non-hydrogen) atoms. The van der Waals surface area contributed by atoms with Crippen LogP contribution in [0.25, 0.3) is 0 Å². The number of thioether (sulfide) groups is 1. The molecule has 1 aliphatic heterocycles. The molecule has 0 radical (unpaired) electrons. The molecule has 1 aliphatic rings. The van der Waals surface area contributed by atoms with Crippen LogP contribution in [0.3, 0.4) is 0 Å². The lowest BCUT2D eigenvalue weighted by Gasteiger charge is -2.22. The van der Waals surface area contributed by atoms with E-state index < -0.39 is 18.2 Å². The van der Waals surface area contributed by atoms with Crippen molar-refractivity contribution in [2.45, 2.75) is 19.2 Å². The van der Waals surface area contributed by atoms with Crippen LogP contribution in [0, 0.1) is 17.2 Å². The van der Waals surface area contributed by atoms with Gasteiger partial charge in [0.05, 0.1) is 6.61 Å². The average molecular weight is 242 g/mol. The van der Waals surface area contributed by atoms with Crippen LogP contribution in [0.1, 0.15) is 6.92 Å². The SMILES string of the molecule is CC1CO[C@H](C(F)(F)F)[C@H]1CSC(=N)N. The zero-order chi connectivity index (χ0) is 11.6. The Kier molecular flexibility index (Phi) is 3.88. The number of hydrogen-bond acceptors (Lipinski definition) is 3. The lowest BCUT2D eigenvalue weighted by Crippen LogP contribution is -2.36. The molecule has 0 spiro atoms. The molecule has 1 fully saturated rings. The summed E-state index contributed by atoms with van der Waals surface area (Å²) in [6.45, 7) is 1.84. The summed E-state index contributed by atoms with van der Waals surface area (Å²) in [7, 11) is 0. The molecule has 0 aromatic heterocycles. The molecule has 0 bridgehead atoms. The zero-order valence-corrected chi connectivity index (χ0v) is 8.99. The molecule has 0 saturated carbocycles. The predicted octanol–water partition coefficient (Wildman–Crippen LogP) is 1.83. The maximum Gasteiger partial charge on any atom is 0.414 e. The Morgan fingerprint density at radius 2 is 2.20 bits per heavy atom. The molecule has 3 nitrogen and oxygen atoms in total. The second-order valence-electron chi connectivity index (χ2n) is 3.61. The Balaban J connectivity index is 2.61. The molecule has 3 N–H and O–H groups in total. The molecule has 1 unspecified atom stereocenters. The van der Waals surface area contributed by atoms with Crippen molar-refractivity contribution in [3.05, 3.63) is 0 Å². The Labute approximate surface area is 90.0 Å². The van der Waals surface area contributed by atoms with E-state index in [1.54, 1.807) is 6.92 Å². The molecule has 88 valence electrons. The number of rotatable bonds is 2. The largest absolute Gasteiger partial charge is 0.414 e. The standard InChI is InChI=1S/C8H13F3N2OS/c1-4-2-14-6(8(9,10)11)5(4)3-15-7(12)13/h4-6H,2-3H2,1H3,(H3,12,13)/t4?,5-,6-/m0/s1. The summed E-state index contributed by atoms with van der Waals surface area (Å²) < 4.78 is 42.2. The van der Waals surface area contributed by atoms with E-state index in [0.29, 0.717) is 0 Å². The van der Waals surface area contributed by atoms with Gasteiger partial charge in [0.1, 0.15) is 0 Å². The molecule has 1 saturated heterocycles. The van der Waals surface area contributed by atoms with Crippen molar-refractivity contribution >= 4 is 16.9 Å². The Morgan fingerprint density at radius 1 is 1.60 bits per heavy atom. The minimum Gasteiger partial charge on any atom is -0.379 e. The van der Waals surface area contributed by atoms with E-state index in [9.17, 15) is 13.2 Å². The third-order valence-electron chi connectivity index (χ3n) is 2.41. The van der Waals surface area contributed by atoms with Crippen molar-refractivity contribution in [2.75, 3.05) is 12.4 Å². The van der Waals surface area contributed by atoms with E-state index in [4.69, 9.17) is 15.9 Å². The summed E-state index contributed by atoms with van der Waals surface area (Å²) in [4.78, 5) is 0. The van der Waals surface area contributed by atoms with Crippen LogP contribution in [0.15, 0.2) is 0 Å². The Morgan fingerprint density at radius 3 is 2.67 bits per heavy atom. The van der Waals surface area contributed by atoms with Gasteiger partial charge in [-0.15, -0.1) is 0 Å². The second kappa shape index (κ2) is 4.61. The third kappa shape index (κ3) is 3.27. The monoisotopic (exact) mass is 242 g/mol. The van der Waals surface area contributed by atoms with Crippen molar-refractivity contribution in [1.29, 1.82) is 5.41 Å². The number of ether oxygens (including phenoxy) is 1. The summed E-state index contributed by atoms with van der Waals surface area (Å²) in [6, 6.07) is 0. The van der Waals surface area contributed by atoms with Gasteiger partial charge in [0.15, 0.2) is 11.3 Å². The maximum atomic E-state index is 12.5. The molecule has 1 rings (SSSR count). The van der Waals surface area contributed by atoms with Crippen LogP contribution in [-0.4, -0.2) is 29.8 Å². The van der Waals surface area contributed by atoms with Crippen LogP contribution < -0.4 is 5.73 Å². The van der Waals surface area contributed by atoms with Gasteiger partial charge in [-0.3, -0.25) is 5.41 Å². The van der Waals surface area contributed by atoms with Gasteiger partial charge in [-0.1, -0.05) is 18.7 Å². The lowest BCUT2D eigenvalue weighted by molar-refractivity contribution is -0.214. The highest BCUT2D eigenvalue weighted by molar-refractivity contribution is 8.13. The minimum absolute atomic E-state index is 0.118. The fourth-order valence-electron chi connectivity index (χ4n) is 1.58. The van der Waals surface area contributed by atoms with Crippen LogP contribution in [0.2, 0.25) is 0 Å². The second-order valence-corrected chi connectivity index (χ2v) is 4.67. The first-order valence-corrected chi connectivity index (χ1v) is 5.46. The lowest BCUT2D eigenvalue weighted by atomic mass is 9.94. The van der Waals surface area contributed by atoms with Gasteiger partial charge in [0.2, 0.25) is 0 Å². The van der Waals surface area contributed by atoms with Crippen LogP contribution in [0.4, 0.5) is 13.2 Å². The molecule has 7 heteroatoms. The van der Waals surface area contributed by atoms with Gasteiger partial charge in [-0.25, -0.2) is 0 Å². The van der Waals surface area contributed by atoms with Crippen LogP contribution in [0.5, 0.6) is 0 Å². The first-order valence-electron chi connectivity index (χ1n) is 4.47. The van der Waals surface area contributed by atoms with E-state index in [1.807, 2.05) is 0 Å². The molecule has 0 aromatic carbocycles. The van der Waals surface area contributed by atoms with Gasteiger partial charge < -0.3 is 10.5 Å². The fourth-order valence-corrected chi connectivity index (χ4v) is 2.45. The Hall–Kier alpha value is -0.430. The molecule has 1 heterocycles. The summed E-state index contributed by atoms with van der Waals surface area (Å²) in [6.07, 6.45) is -6.04. The summed E-state index contributed by atoms with van der Waals surface area (Å²) in [5.41, 5.74) is 5.09. The highest BCUT2D eigenvalue weighted by Gasteiger charge is 2.51. The number of hydrogen-bond donors (Lipinski definition) is 2. The van der Waals surface area contributed by atoms with Crippen molar-refractivity contribution in [1.82, 2.24) is 0 Å². The van der Waals surface area contributed by atoms with E-state index in [0.717, 1.165) is 11.8 Å². The first kappa shape index (κ1) is 12.6. The van der Waals surface area contributed by atoms with E-state index in [2.05, 4.69) is 0 Å². The van der Waals surface area contributed by atoms with Gasteiger partial charge >= 0.3 is 6.18 Å². The van der Waals surface area contributed by atoms with Gasteiger partial charge in [0, 0.05) is 11.7 Å². The topological polar surface area (TPSA) is 59.1 Å². The molecule has 0 amide bonds. The molecule has 0 aliphatic carbocycles. The van der Waals surface area contributed by atoms with E-state index in [-0.39, 0.29) is 23.4 Å². The van der Waals surface area contributed by atoms with Crippen molar-refractivity contribution in [3.8, 4) is 0 Å². The number of halogens is 3. The van der Waals surface area contributed by atoms with E-state index >= 15 is 0 Å². The van der Waals surface area contributed by atoms with E-state index in [1.165, 1.54) is 0 Å². The van der Waals surface area contributed by atoms with Gasteiger partial charge in [-0.05, 0) is 5.92 Å². The van der Waals surface area contributed by atoms with Gasteiger partial charge in [-0.2, -0.15) is 13.2 Å². The average Bonchev–Trinajstić information content (AvgIpc) is 2.42. The maximum absolute atomic E-state index is 12.5. The van der Waals surface area contributed by atoms with Gasteiger partial charge in [0.25, 0.3) is 0 Å². The van der Waals surface area contributed by atoms with Crippen molar-refractivity contribution < 1.29 is 17.9 Å². The number of alkyl halides is 3. The summed E-state index contributed by atoms with van der Waals surface area (Å²) >= 11 is 0.933. The highest BCUT2D eigenvalue weighted by Crippen LogP contribution is 2.39. The predicted molar refractivity (Wildman–Crippen MR) is 52.8 cm³/mol. The minimum atomic E-state index is -4.33. The third-order valence-corrected chi connectivity index (χ3v) is 3.27. The fraction of sp³-hybridized carbons (Fsp3) is 0.875. The normalized spacial score (nSPS) is 31.9. The first-order chi connectivity index (χ1) is 6.82. The van der Waals surface area contributed by atoms with Crippen molar-refractivity contribution in [2.24, 2.45) is 17.6 Å². The van der Waals surface area contributed by atoms with Crippen molar-refractivity contribution in [3.63, 3.8) is 0 Å². The number of nitrogens with two attached hydrogens (primary N) is 1. The smallest absolute Gasteiger partial charge is 0.379 e. The quantitative estimate of drug-likeness (QED) is 0.573. The molecular weight excluding hydrogens is 229 g/mol. The summed E-state index contributed by atoms with van der Waals surface area (Å²) in [5.74, 6) is -0.580.